The molecule has 1 aliphatic carbocycles. The van der Waals surface area contributed by atoms with Crippen LogP contribution in [0.3, 0.4) is 0 Å². The molecule has 0 saturated heterocycles. The average molecular weight is 611 g/mol. The van der Waals surface area contributed by atoms with Crippen molar-refractivity contribution in [1.82, 2.24) is 4.98 Å². The summed E-state index contributed by atoms with van der Waals surface area (Å²) in [4.78, 5) is 9.10. The molecule has 0 amide bonds. The Morgan fingerprint density at radius 3 is 2.48 bits per heavy atom. The number of hydrogen-bond acceptors (Lipinski definition) is 3. The van der Waals surface area contributed by atoms with E-state index in [1.165, 1.54) is 16.7 Å². The Balaban J connectivity index is 0.000000254. The quantitative estimate of drug-likeness (QED) is 0.0904. The van der Waals surface area contributed by atoms with E-state index in [-0.39, 0.29) is 0 Å². The van der Waals surface area contributed by atoms with E-state index in [2.05, 4.69) is 137 Å². The van der Waals surface area contributed by atoms with E-state index in [4.69, 9.17) is 12.3 Å². The first-order valence-corrected chi connectivity index (χ1v) is 16.5. The summed E-state index contributed by atoms with van der Waals surface area (Å²) in [5.74, 6) is 6.53. The van der Waals surface area contributed by atoms with Crippen molar-refractivity contribution in [1.29, 1.82) is 0 Å². The van der Waals surface area contributed by atoms with Crippen LogP contribution in [-0.4, -0.2) is 18.5 Å². The van der Waals surface area contributed by atoms with Gasteiger partial charge in [0.15, 0.2) is 17.8 Å². The lowest BCUT2D eigenvalue weighted by molar-refractivity contribution is -0.713. The maximum Gasteiger partial charge on any atom is 0.227 e. The van der Waals surface area contributed by atoms with Crippen molar-refractivity contribution in [2.75, 3.05) is 0 Å². The maximum atomic E-state index is 6.48. The molecule has 5 heteroatoms. The molecule has 2 radical (unpaired) electrons. The van der Waals surface area contributed by atoms with E-state index < -0.39 is 5.31 Å². The molecule has 0 bridgehead atoms. The van der Waals surface area contributed by atoms with E-state index in [0.29, 0.717) is 17.7 Å². The molecule has 4 aromatic rings. The third-order valence-electron chi connectivity index (χ3n) is 8.59. The Bertz CT molecular complexity index is 1900. The summed E-state index contributed by atoms with van der Waals surface area (Å²) in [6.07, 6.45) is 13.6. The number of rotatable bonds is 7. The first-order chi connectivity index (χ1) is 21.9. The Kier molecular flexibility index (Phi) is 11.3. The molecule has 0 N–H and O–H groups in total. The fraction of sp³-hybridized carbons (Fsp3) is 0.390. The van der Waals surface area contributed by atoms with Gasteiger partial charge in [-0.2, -0.15) is 4.57 Å². The van der Waals surface area contributed by atoms with Crippen LogP contribution in [0.4, 0.5) is 0 Å². The molecule has 4 nitrogen and oxygen atoms in total. The van der Waals surface area contributed by atoms with Crippen LogP contribution < -0.4 is 4.57 Å². The van der Waals surface area contributed by atoms with Gasteiger partial charge < -0.3 is 4.42 Å². The number of furan rings is 1. The summed E-state index contributed by atoms with van der Waals surface area (Å²) in [5.41, 5.74) is 10.7. The van der Waals surface area contributed by atoms with Crippen molar-refractivity contribution < 1.29 is 8.98 Å². The lowest BCUT2D eigenvalue weighted by atomic mass is 9.67. The second-order valence-corrected chi connectivity index (χ2v) is 13.1. The lowest BCUT2D eigenvalue weighted by Crippen LogP contribution is -2.41. The average Bonchev–Trinajstić information content (AvgIpc) is 3.38. The van der Waals surface area contributed by atoms with Gasteiger partial charge in [0.2, 0.25) is 11.4 Å². The third kappa shape index (κ3) is 7.79. The SMILES string of the molecule is CC#CC1CC=CC=C1C(C)=NC=C(C)C.[B]C(C)(C)c1cc[n+](C(CC)CC)c(-c2c(C)ccc3c2oc2nc(C)ccc23)c1. The smallest absolute Gasteiger partial charge is 0.227 e. The number of aryl methyl sites for hydroxylation is 2. The number of aromatic nitrogens is 2. The van der Waals surface area contributed by atoms with Crippen molar-refractivity contribution in [2.24, 2.45) is 10.9 Å². The number of pyridine rings is 2. The fourth-order valence-electron chi connectivity index (χ4n) is 5.96. The van der Waals surface area contributed by atoms with E-state index in [0.717, 1.165) is 63.8 Å². The van der Waals surface area contributed by atoms with Gasteiger partial charge >= 0.3 is 0 Å². The van der Waals surface area contributed by atoms with Crippen molar-refractivity contribution in [3.8, 4) is 23.1 Å². The molecule has 0 saturated carbocycles. The Morgan fingerprint density at radius 1 is 1.11 bits per heavy atom. The summed E-state index contributed by atoms with van der Waals surface area (Å²) < 4.78 is 8.76. The van der Waals surface area contributed by atoms with Crippen LogP contribution in [0.15, 0.2) is 87.6 Å². The number of fused-ring (bicyclic) bond motifs is 3. The molecule has 0 aliphatic heterocycles. The number of nitrogens with zero attached hydrogens (tertiary/aromatic N) is 3. The highest BCUT2D eigenvalue weighted by Crippen LogP contribution is 2.38. The van der Waals surface area contributed by atoms with Gasteiger partial charge in [-0.25, -0.2) is 4.98 Å². The minimum atomic E-state index is -0.421. The maximum absolute atomic E-state index is 6.48. The molecule has 236 valence electrons. The second-order valence-electron chi connectivity index (χ2n) is 13.1. The monoisotopic (exact) mass is 610 g/mol. The Hall–Kier alpha value is -4.17. The minimum absolute atomic E-state index is 0.310. The number of benzene rings is 1. The van der Waals surface area contributed by atoms with Crippen LogP contribution in [-0.2, 0) is 5.31 Å². The zero-order chi connectivity index (χ0) is 33.6. The van der Waals surface area contributed by atoms with Crippen LogP contribution in [0.1, 0.15) is 97.5 Å². The van der Waals surface area contributed by atoms with Gasteiger partial charge in [0.1, 0.15) is 0 Å². The van der Waals surface area contributed by atoms with E-state index in [9.17, 15) is 0 Å². The summed E-state index contributed by atoms with van der Waals surface area (Å²) in [6, 6.07) is 13.3. The van der Waals surface area contributed by atoms with Gasteiger partial charge in [0.05, 0.1) is 19.3 Å². The van der Waals surface area contributed by atoms with Crippen LogP contribution >= 0.6 is 0 Å². The summed E-state index contributed by atoms with van der Waals surface area (Å²) in [5, 5.41) is 1.74. The molecule has 5 rings (SSSR count). The predicted octanol–water partition coefficient (Wildman–Crippen LogP) is 10.2. The van der Waals surface area contributed by atoms with Crippen LogP contribution in [0.5, 0.6) is 0 Å². The Morgan fingerprint density at radius 2 is 1.83 bits per heavy atom. The molecule has 0 spiro atoms. The fourth-order valence-corrected chi connectivity index (χ4v) is 5.96. The summed E-state index contributed by atoms with van der Waals surface area (Å²) in [7, 11) is 6.48. The van der Waals surface area contributed by atoms with Gasteiger partial charge in [-0.05, 0) is 82.1 Å². The Labute approximate surface area is 277 Å². The first-order valence-electron chi connectivity index (χ1n) is 16.5. The highest BCUT2D eigenvalue weighted by molar-refractivity contribution is 6.15. The molecule has 1 aliphatic rings. The van der Waals surface area contributed by atoms with Gasteiger partial charge in [-0.1, -0.05) is 69.5 Å². The number of hydrogen-bond donors (Lipinski definition) is 0. The lowest BCUT2D eigenvalue weighted by Gasteiger charge is -2.21. The normalized spacial score (nSPS) is 14.9. The van der Waals surface area contributed by atoms with Crippen molar-refractivity contribution in [3.63, 3.8) is 0 Å². The predicted molar refractivity (Wildman–Crippen MR) is 196 cm³/mol. The van der Waals surface area contributed by atoms with Gasteiger partial charge in [-0.3, -0.25) is 4.99 Å². The van der Waals surface area contributed by atoms with E-state index in [1.54, 1.807) is 0 Å². The molecule has 3 aromatic heterocycles. The van der Waals surface area contributed by atoms with Crippen molar-refractivity contribution >= 4 is 35.6 Å². The number of aliphatic imine (C=N–C) groups is 1. The van der Waals surface area contributed by atoms with Gasteiger partial charge in [0, 0.05) is 53.4 Å². The molecular weight excluding hydrogens is 561 g/mol. The molecular formula is C41H49BN3O+. The zero-order valence-corrected chi connectivity index (χ0v) is 29.5. The molecule has 1 unspecified atom stereocenters. The topological polar surface area (TPSA) is 42.3 Å². The van der Waals surface area contributed by atoms with Gasteiger partial charge in [-0.15, -0.1) is 5.92 Å². The minimum Gasteiger partial charge on any atom is -0.437 e. The number of allylic oxidation sites excluding steroid dienone is 5. The van der Waals surface area contributed by atoms with Crippen LogP contribution in [0.2, 0.25) is 0 Å². The second kappa shape index (κ2) is 15.0. The molecule has 46 heavy (non-hydrogen) atoms. The first kappa shape index (κ1) is 34.7. The molecule has 1 atom stereocenters. The zero-order valence-electron chi connectivity index (χ0n) is 29.5. The van der Waals surface area contributed by atoms with Crippen LogP contribution in [0, 0.1) is 31.6 Å². The summed E-state index contributed by atoms with van der Waals surface area (Å²) >= 11 is 0. The van der Waals surface area contributed by atoms with Crippen LogP contribution in [0.25, 0.3) is 33.3 Å². The highest BCUT2D eigenvalue weighted by atomic mass is 16.3. The van der Waals surface area contributed by atoms with Crippen molar-refractivity contribution in [3.05, 3.63) is 95.0 Å². The van der Waals surface area contributed by atoms with Crippen molar-refractivity contribution in [2.45, 2.75) is 99.9 Å². The summed E-state index contributed by atoms with van der Waals surface area (Å²) in [6.45, 7) is 20.8. The van der Waals surface area contributed by atoms with E-state index >= 15 is 0 Å². The third-order valence-corrected chi connectivity index (χ3v) is 8.59. The molecule has 0 fully saturated rings. The van der Waals surface area contributed by atoms with Gasteiger partial charge in [0.25, 0.3) is 0 Å². The largest absolute Gasteiger partial charge is 0.437 e. The van der Waals surface area contributed by atoms with E-state index in [1.807, 2.05) is 26.1 Å². The molecule has 1 aromatic carbocycles. The standard InChI is InChI=1S/C26H30BN2O.C15H19N/c1-7-19(8-2)29-14-13-18(26(5,6)27)15-22(29)23-16(3)9-11-20-21-12-10-17(4)28-25(21)30-24(20)23;1-5-8-14-9-6-7-10-15(14)13(4)16-11-12(2)3/h9-15,19H,7-8H2,1-6H3;6-7,10-11,14H,9H2,1-4H3/q+1;. The molecule has 3 heterocycles. The highest BCUT2D eigenvalue weighted by Gasteiger charge is 2.28.